The van der Waals surface area contributed by atoms with E-state index in [-0.39, 0.29) is 17.1 Å². The van der Waals surface area contributed by atoms with Crippen LogP contribution < -0.4 is 11.1 Å². The summed E-state index contributed by atoms with van der Waals surface area (Å²) < 4.78 is 13.0. The summed E-state index contributed by atoms with van der Waals surface area (Å²) in [6.45, 7) is 1.72. The molecule has 0 aliphatic heterocycles. The number of amides is 1. The van der Waals surface area contributed by atoms with Crippen molar-refractivity contribution in [2.75, 3.05) is 0 Å². The number of nitrogens with one attached hydrogen (secondary N) is 1. The van der Waals surface area contributed by atoms with E-state index in [4.69, 9.17) is 10.9 Å². The highest BCUT2D eigenvalue weighted by molar-refractivity contribution is 6.00. The molecular formula is C11H14FN3O3. The van der Waals surface area contributed by atoms with Gasteiger partial charge in [-0.25, -0.2) is 4.39 Å². The van der Waals surface area contributed by atoms with E-state index in [2.05, 4.69) is 10.5 Å². The molecule has 0 spiro atoms. The normalized spacial score (nSPS) is 13.1. The van der Waals surface area contributed by atoms with E-state index in [0.29, 0.717) is 6.42 Å². The van der Waals surface area contributed by atoms with Gasteiger partial charge in [-0.15, -0.1) is 0 Å². The molecule has 6 nitrogen and oxygen atoms in total. The van der Waals surface area contributed by atoms with Gasteiger partial charge >= 0.3 is 0 Å². The van der Waals surface area contributed by atoms with Crippen LogP contribution in [0.5, 0.6) is 5.75 Å². The van der Waals surface area contributed by atoms with Crippen LogP contribution in [0.2, 0.25) is 0 Å². The maximum atomic E-state index is 13.0. The summed E-state index contributed by atoms with van der Waals surface area (Å²) >= 11 is 0. The zero-order chi connectivity index (χ0) is 13.7. The fraction of sp³-hybridized carbons (Fsp3) is 0.273. The number of benzene rings is 1. The molecule has 1 unspecified atom stereocenters. The molecule has 1 aromatic carbocycles. The van der Waals surface area contributed by atoms with Crippen molar-refractivity contribution in [2.24, 2.45) is 10.9 Å². The molecule has 18 heavy (non-hydrogen) atoms. The number of rotatable bonds is 4. The average Bonchev–Trinajstić information content (AvgIpc) is 2.37. The van der Waals surface area contributed by atoms with E-state index in [0.717, 1.165) is 18.2 Å². The molecular weight excluding hydrogens is 241 g/mol. The van der Waals surface area contributed by atoms with Gasteiger partial charge in [-0.3, -0.25) is 4.79 Å². The quantitative estimate of drug-likeness (QED) is 0.276. The van der Waals surface area contributed by atoms with Gasteiger partial charge in [-0.05, 0) is 24.6 Å². The van der Waals surface area contributed by atoms with Crippen LogP contribution >= 0.6 is 0 Å². The molecule has 0 heterocycles. The van der Waals surface area contributed by atoms with Crippen molar-refractivity contribution in [1.82, 2.24) is 5.32 Å². The van der Waals surface area contributed by atoms with E-state index in [1.165, 1.54) is 0 Å². The number of carbonyl (C=O) groups excluding carboxylic acids is 1. The standard InChI is InChI=1S/C11H14FN3O3/c1-2-8(10(13)15-18)14-11(17)7-5-6(12)3-4-9(7)16/h3-5,8,16,18H,2H2,1H3,(H2,13,15)(H,14,17). The van der Waals surface area contributed by atoms with Crippen molar-refractivity contribution in [2.45, 2.75) is 19.4 Å². The van der Waals surface area contributed by atoms with E-state index in [9.17, 15) is 14.3 Å². The number of halogens is 1. The second-order valence-electron chi connectivity index (χ2n) is 3.62. The number of amidine groups is 1. The first kappa shape index (κ1) is 13.8. The minimum Gasteiger partial charge on any atom is -0.507 e. The molecule has 0 radical (unpaired) electrons. The van der Waals surface area contributed by atoms with Gasteiger partial charge in [0.25, 0.3) is 5.91 Å². The third-order valence-corrected chi connectivity index (χ3v) is 2.39. The summed E-state index contributed by atoms with van der Waals surface area (Å²) in [6.07, 6.45) is 0.387. The van der Waals surface area contributed by atoms with Gasteiger partial charge in [0.1, 0.15) is 11.6 Å². The van der Waals surface area contributed by atoms with Crippen molar-refractivity contribution >= 4 is 11.7 Å². The first-order valence-electron chi connectivity index (χ1n) is 5.26. The maximum absolute atomic E-state index is 13.0. The molecule has 0 aliphatic carbocycles. The van der Waals surface area contributed by atoms with E-state index < -0.39 is 17.8 Å². The largest absolute Gasteiger partial charge is 0.507 e. The van der Waals surface area contributed by atoms with Gasteiger partial charge in [0.05, 0.1) is 11.6 Å². The molecule has 0 bridgehead atoms. The third-order valence-electron chi connectivity index (χ3n) is 2.39. The highest BCUT2D eigenvalue weighted by atomic mass is 19.1. The average molecular weight is 255 g/mol. The number of nitrogens with zero attached hydrogens (tertiary/aromatic N) is 1. The number of phenols is 1. The highest BCUT2D eigenvalue weighted by Gasteiger charge is 2.18. The predicted molar refractivity (Wildman–Crippen MR) is 63.0 cm³/mol. The van der Waals surface area contributed by atoms with Crippen LogP contribution in [0.1, 0.15) is 23.7 Å². The maximum Gasteiger partial charge on any atom is 0.255 e. The molecule has 1 aromatic rings. The molecule has 5 N–H and O–H groups in total. The number of oxime groups is 1. The minimum atomic E-state index is -0.703. The fourth-order valence-corrected chi connectivity index (χ4v) is 1.38. The lowest BCUT2D eigenvalue weighted by Gasteiger charge is -2.15. The van der Waals surface area contributed by atoms with Crippen LogP contribution in [-0.4, -0.2) is 28.1 Å². The van der Waals surface area contributed by atoms with Crippen molar-refractivity contribution in [3.05, 3.63) is 29.6 Å². The van der Waals surface area contributed by atoms with E-state index in [1.54, 1.807) is 6.92 Å². The number of aromatic hydroxyl groups is 1. The Morgan fingerprint density at radius 1 is 1.61 bits per heavy atom. The number of nitrogens with two attached hydrogens (primary N) is 1. The Bertz CT molecular complexity index is 477. The van der Waals surface area contributed by atoms with Gasteiger partial charge in [0.2, 0.25) is 0 Å². The summed E-state index contributed by atoms with van der Waals surface area (Å²) in [7, 11) is 0. The topological polar surface area (TPSA) is 108 Å². The van der Waals surface area contributed by atoms with Crippen LogP contribution in [0.3, 0.4) is 0 Å². The molecule has 0 fully saturated rings. The third kappa shape index (κ3) is 3.09. The van der Waals surface area contributed by atoms with Gasteiger partial charge in [-0.1, -0.05) is 12.1 Å². The summed E-state index contributed by atoms with van der Waals surface area (Å²) in [5, 5.41) is 23.2. The lowest BCUT2D eigenvalue weighted by molar-refractivity contribution is 0.0942. The zero-order valence-electron chi connectivity index (χ0n) is 9.72. The SMILES string of the molecule is CCC(NC(=O)c1cc(F)ccc1O)/C(N)=N/O. The van der Waals surface area contributed by atoms with Crippen LogP contribution in [0.25, 0.3) is 0 Å². The number of hydrogen-bond acceptors (Lipinski definition) is 4. The molecule has 0 saturated carbocycles. The lowest BCUT2D eigenvalue weighted by atomic mass is 10.1. The second-order valence-corrected chi connectivity index (χ2v) is 3.62. The van der Waals surface area contributed by atoms with Crippen LogP contribution in [0.15, 0.2) is 23.4 Å². The van der Waals surface area contributed by atoms with Crippen molar-refractivity contribution in [1.29, 1.82) is 0 Å². The first-order valence-corrected chi connectivity index (χ1v) is 5.26. The van der Waals surface area contributed by atoms with Gasteiger partial charge in [-0.2, -0.15) is 0 Å². The second kappa shape index (κ2) is 5.85. The molecule has 1 rings (SSSR count). The Morgan fingerprint density at radius 3 is 2.83 bits per heavy atom. The molecule has 1 atom stereocenters. The lowest BCUT2D eigenvalue weighted by Crippen LogP contribution is -2.44. The fourth-order valence-electron chi connectivity index (χ4n) is 1.38. The van der Waals surface area contributed by atoms with Gasteiger partial charge in [0.15, 0.2) is 5.84 Å². The summed E-state index contributed by atoms with van der Waals surface area (Å²) in [5.74, 6) is -1.86. The predicted octanol–water partition coefficient (Wildman–Crippen LogP) is 0.786. The van der Waals surface area contributed by atoms with Crippen molar-refractivity contribution in [3.63, 3.8) is 0 Å². The van der Waals surface area contributed by atoms with Crippen LogP contribution in [-0.2, 0) is 0 Å². The van der Waals surface area contributed by atoms with Gasteiger partial charge in [0, 0.05) is 0 Å². The summed E-state index contributed by atoms with van der Waals surface area (Å²) in [5.41, 5.74) is 5.16. The summed E-state index contributed by atoms with van der Waals surface area (Å²) in [4.78, 5) is 11.8. The number of hydrogen-bond donors (Lipinski definition) is 4. The van der Waals surface area contributed by atoms with Crippen molar-refractivity contribution in [3.8, 4) is 5.75 Å². The molecule has 7 heteroatoms. The van der Waals surface area contributed by atoms with Gasteiger partial charge < -0.3 is 21.4 Å². The molecule has 0 aromatic heterocycles. The zero-order valence-corrected chi connectivity index (χ0v) is 9.72. The minimum absolute atomic E-state index is 0.165. The number of carbonyl (C=O) groups is 1. The Hall–Kier alpha value is -2.31. The van der Waals surface area contributed by atoms with Crippen molar-refractivity contribution < 1.29 is 19.5 Å². The highest BCUT2D eigenvalue weighted by Crippen LogP contribution is 2.17. The Labute approximate surface area is 103 Å². The molecule has 1 amide bonds. The molecule has 0 saturated heterocycles. The van der Waals surface area contributed by atoms with Crippen LogP contribution in [0.4, 0.5) is 4.39 Å². The molecule has 98 valence electrons. The van der Waals surface area contributed by atoms with E-state index in [1.807, 2.05) is 0 Å². The Kier molecular flexibility index (Phi) is 4.47. The van der Waals surface area contributed by atoms with E-state index >= 15 is 0 Å². The smallest absolute Gasteiger partial charge is 0.255 e. The number of phenolic OH excluding ortho intramolecular Hbond substituents is 1. The summed E-state index contributed by atoms with van der Waals surface area (Å²) in [6, 6.07) is 2.33. The Morgan fingerprint density at radius 2 is 2.28 bits per heavy atom. The molecule has 0 aliphatic rings. The Balaban J connectivity index is 2.91. The first-order chi connectivity index (χ1) is 8.49. The monoisotopic (exact) mass is 255 g/mol. The van der Waals surface area contributed by atoms with Crippen LogP contribution in [0, 0.1) is 5.82 Å².